The first kappa shape index (κ1) is 19.2. The largest absolute Gasteiger partial charge is 0.497 e. The minimum atomic E-state index is -0.457. The fourth-order valence-corrected chi connectivity index (χ4v) is 4.44. The molecule has 2 aliphatic rings. The molecule has 0 spiro atoms. The minimum Gasteiger partial charge on any atom is -0.497 e. The molecule has 1 aliphatic heterocycles. The summed E-state index contributed by atoms with van der Waals surface area (Å²) in [6.45, 7) is 2.56. The summed E-state index contributed by atoms with van der Waals surface area (Å²) in [5.41, 5.74) is 3.51. The van der Waals surface area contributed by atoms with Crippen LogP contribution in [-0.2, 0) is 27.2 Å². The van der Waals surface area contributed by atoms with Crippen LogP contribution in [0.3, 0.4) is 0 Å². The van der Waals surface area contributed by atoms with E-state index in [9.17, 15) is 9.59 Å². The Kier molecular flexibility index (Phi) is 5.14. The maximum Gasteiger partial charge on any atom is 0.313 e. The Morgan fingerprint density at radius 2 is 2.00 bits per heavy atom. The summed E-state index contributed by atoms with van der Waals surface area (Å²) in [4.78, 5) is 24.8. The number of allylic oxidation sites excluding steroid dienone is 1. The average molecular weight is 391 g/mol. The van der Waals surface area contributed by atoms with Crippen LogP contribution in [0.15, 0.2) is 60.2 Å². The lowest BCUT2D eigenvalue weighted by Crippen LogP contribution is -2.32. The van der Waals surface area contributed by atoms with E-state index in [1.807, 2.05) is 48.5 Å². The van der Waals surface area contributed by atoms with Crippen molar-refractivity contribution in [2.75, 3.05) is 19.0 Å². The molecule has 1 heterocycles. The maximum absolute atomic E-state index is 12.4. The van der Waals surface area contributed by atoms with Gasteiger partial charge in [-0.1, -0.05) is 35.9 Å². The van der Waals surface area contributed by atoms with E-state index in [1.54, 1.807) is 7.11 Å². The van der Waals surface area contributed by atoms with Crippen molar-refractivity contribution in [3.8, 4) is 5.75 Å². The summed E-state index contributed by atoms with van der Waals surface area (Å²) in [6, 6.07) is 15.2. The SMILES string of the molecule is COc1cccc(CC(=O)Nc2ccc(CC34CC(C)=CC3COC4=O)cc2)c1. The van der Waals surface area contributed by atoms with Gasteiger partial charge in [0.1, 0.15) is 5.75 Å². The van der Waals surface area contributed by atoms with Crippen LogP contribution in [0.5, 0.6) is 5.75 Å². The van der Waals surface area contributed by atoms with E-state index >= 15 is 0 Å². The van der Waals surface area contributed by atoms with E-state index < -0.39 is 5.41 Å². The van der Waals surface area contributed by atoms with Gasteiger partial charge < -0.3 is 14.8 Å². The number of methoxy groups -OCH3 is 1. The summed E-state index contributed by atoms with van der Waals surface area (Å²) in [5.74, 6) is 0.725. The molecule has 150 valence electrons. The number of ether oxygens (including phenoxy) is 2. The molecule has 0 radical (unpaired) electrons. The van der Waals surface area contributed by atoms with Crippen molar-refractivity contribution in [2.45, 2.75) is 26.2 Å². The van der Waals surface area contributed by atoms with Crippen LogP contribution in [0.1, 0.15) is 24.5 Å². The molecule has 5 nitrogen and oxygen atoms in total. The number of amides is 1. The second-order valence-electron chi connectivity index (χ2n) is 8.00. The zero-order valence-electron chi connectivity index (χ0n) is 16.7. The van der Waals surface area contributed by atoms with Gasteiger partial charge in [0.25, 0.3) is 0 Å². The Labute approximate surface area is 170 Å². The topological polar surface area (TPSA) is 64.6 Å². The quantitative estimate of drug-likeness (QED) is 0.599. The Balaban J connectivity index is 1.39. The fourth-order valence-electron chi connectivity index (χ4n) is 4.44. The first-order valence-electron chi connectivity index (χ1n) is 9.85. The highest BCUT2D eigenvalue weighted by Gasteiger charge is 2.54. The average Bonchev–Trinajstić information content (AvgIpc) is 3.17. The van der Waals surface area contributed by atoms with Crippen LogP contribution in [0.25, 0.3) is 0 Å². The summed E-state index contributed by atoms with van der Waals surface area (Å²) in [5, 5.41) is 2.93. The van der Waals surface area contributed by atoms with Gasteiger partial charge in [0.2, 0.25) is 5.91 Å². The number of hydrogen-bond donors (Lipinski definition) is 1. The predicted molar refractivity (Wildman–Crippen MR) is 111 cm³/mol. The zero-order chi connectivity index (χ0) is 20.4. The molecular formula is C24H25NO4. The van der Waals surface area contributed by atoms with Crippen LogP contribution in [0.4, 0.5) is 5.69 Å². The van der Waals surface area contributed by atoms with Gasteiger partial charge in [-0.05, 0) is 55.2 Å². The lowest BCUT2D eigenvalue weighted by molar-refractivity contribution is -0.146. The Morgan fingerprint density at radius 3 is 2.76 bits per heavy atom. The third kappa shape index (κ3) is 3.90. The molecule has 0 aromatic heterocycles. The van der Waals surface area contributed by atoms with E-state index in [-0.39, 0.29) is 24.2 Å². The first-order valence-corrected chi connectivity index (χ1v) is 9.85. The minimum absolute atomic E-state index is 0.0837. The third-order valence-electron chi connectivity index (χ3n) is 5.85. The van der Waals surface area contributed by atoms with Gasteiger partial charge in [0.05, 0.1) is 25.6 Å². The van der Waals surface area contributed by atoms with Crippen molar-refractivity contribution < 1.29 is 19.1 Å². The highest BCUT2D eigenvalue weighted by molar-refractivity contribution is 5.92. The van der Waals surface area contributed by atoms with E-state index in [1.165, 1.54) is 5.57 Å². The first-order chi connectivity index (χ1) is 14.0. The van der Waals surface area contributed by atoms with Crippen LogP contribution in [0, 0.1) is 11.3 Å². The molecular weight excluding hydrogens is 366 g/mol. The molecule has 5 heteroatoms. The summed E-state index contributed by atoms with van der Waals surface area (Å²) < 4.78 is 10.5. The number of rotatable bonds is 6. The Bertz CT molecular complexity index is 963. The molecule has 2 aromatic rings. The van der Waals surface area contributed by atoms with E-state index in [0.717, 1.165) is 29.0 Å². The van der Waals surface area contributed by atoms with Crippen LogP contribution < -0.4 is 10.1 Å². The number of anilines is 1. The van der Waals surface area contributed by atoms with Crippen molar-refractivity contribution in [1.29, 1.82) is 0 Å². The number of esters is 1. The highest BCUT2D eigenvalue weighted by Crippen LogP contribution is 2.49. The van der Waals surface area contributed by atoms with Crippen molar-refractivity contribution in [1.82, 2.24) is 0 Å². The van der Waals surface area contributed by atoms with Crippen LogP contribution in [0.2, 0.25) is 0 Å². The van der Waals surface area contributed by atoms with Crippen molar-refractivity contribution in [3.05, 3.63) is 71.3 Å². The second kappa shape index (κ2) is 7.74. The monoisotopic (exact) mass is 391 g/mol. The van der Waals surface area contributed by atoms with Crippen molar-refractivity contribution in [2.24, 2.45) is 11.3 Å². The number of carbonyl (C=O) groups is 2. The standard InChI is InChI=1S/C24H25NO4/c1-16-10-19-15-29-23(27)24(19,13-16)14-17-6-8-20(9-7-17)25-22(26)12-18-4-3-5-21(11-18)28-2/h3-11,19H,12-15H2,1-2H3,(H,25,26). The molecule has 1 amide bonds. The fraction of sp³-hybridized carbons (Fsp3) is 0.333. The molecule has 1 saturated heterocycles. The molecule has 29 heavy (non-hydrogen) atoms. The number of nitrogens with one attached hydrogen (secondary N) is 1. The van der Waals surface area contributed by atoms with Gasteiger partial charge >= 0.3 is 5.97 Å². The molecule has 1 fully saturated rings. The van der Waals surface area contributed by atoms with Gasteiger partial charge in [-0.25, -0.2) is 0 Å². The number of hydrogen-bond acceptors (Lipinski definition) is 4. The normalized spacial score (nSPS) is 22.6. The molecule has 2 atom stereocenters. The molecule has 1 aliphatic carbocycles. The Hall–Kier alpha value is -3.08. The smallest absolute Gasteiger partial charge is 0.313 e. The second-order valence-corrected chi connectivity index (χ2v) is 8.00. The number of carbonyl (C=O) groups excluding carboxylic acids is 2. The molecule has 4 rings (SSSR count). The summed E-state index contributed by atoms with van der Waals surface area (Å²) >= 11 is 0. The molecule has 1 N–H and O–H groups in total. The lowest BCUT2D eigenvalue weighted by atomic mass is 9.74. The van der Waals surface area contributed by atoms with Crippen molar-refractivity contribution >= 4 is 17.6 Å². The van der Waals surface area contributed by atoms with Gasteiger partial charge in [-0.3, -0.25) is 9.59 Å². The van der Waals surface area contributed by atoms with Gasteiger partial charge in [0, 0.05) is 11.6 Å². The van der Waals surface area contributed by atoms with E-state index in [2.05, 4.69) is 18.3 Å². The maximum atomic E-state index is 12.4. The highest BCUT2D eigenvalue weighted by atomic mass is 16.5. The van der Waals surface area contributed by atoms with Gasteiger partial charge in [-0.2, -0.15) is 0 Å². The van der Waals surface area contributed by atoms with Crippen LogP contribution in [-0.4, -0.2) is 25.6 Å². The molecule has 2 aromatic carbocycles. The third-order valence-corrected chi connectivity index (χ3v) is 5.85. The summed E-state index contributed by atoms with van der Waals surface area (Å²) in [6.07, 6.45) is 3.87. The molecule has 2 unspecified atom stereocenters. The summed E-state index contributed by atoms with van der Waals surface area (Å²) in [7, 11) is 1.61. The number of benzene rings is 2. The predicted octanol–water partition coefficient (Wildman–Crippen LogP) is 3.93. The van der Waals surface area contributed by atoms with Gasteiger partial charge in [-0.15, -0.1) is 0 Å². The zero-order valence-corrected chi connectivity index (χ0v) is 16.7. The van der Waals surface area contributed by atoms with Crippen LogP contribution >= 0.6 is 0 Å². The van der Waals surface area contributed by atoms with Gasteiger partial charge in [0.15, 0.2) is 0 Å². The number of fused-ring (bicyclic) bond motifs is 1. The molecule has 0 saturated carbocycles. The van der Waals surface area contributed by atoms with Crippen molar-refractivity contribution in [3.63, 3.8) is 0 Å². The Morgan fingerprint density at radius 1 is 1.21 bits per heavy atom. The van der Waals surface area contributed by atoms with E-state index in [0.29, 0.717) is 13.0 Å². The lowest BCUT2D eigenvalue weighted by Gasteiger charge is -2.25. The molecule has 0 bridgehead atoms. The number of cyclic esters (lactones) is 1. The van der Waals surface area contributed by atoms with E-state index in [4.69, 9.17) is 9.47 Å².